The topological polar surface area (TPSA) is 75.3 Å². The third kappa shape index (κ3) is 2.86. The Morgan fingerprint density at radius 3 is 2.33 bits per heavy atom. The number of nitrogens with one attached hydrogen (secondary N) is 1. The molecule has 2 aliphatic carbocycles. The smallest absolute Gasteiger partial charge is 0.237 e. The summed E-state index contributed by atoms with van der Waals surface area (Å²) in [6.07, 6.45) is 7.52. The largest absolute Gasteiger partial charge is 0.389 e. The SMILES string of the molecule is CC1CCC(O)(CNC2(C(N)=O)CCCC2)CC1. The maximum Gasteiger partial charge on any atom is 0.237 e. The number of hydrogen-bond acceptors (Lipinski definition) is 3. The summed E-state index contributed by atoms with van der Waals surface area (Å²) >= 11 is 0. The normalized spacial score (nSPS) is 35.6. The summed E-state index contributed by atoms with van der Waals surface area (Å²) in [5.74, 6) is 0.453. The highest BCUT2D eigenvalue weighted by Crippen LogP contribution is 2.34. The van der Waals surface area contributed by atoms with Gasteiger partial charge in [0.15, 0.2) is 0 Å². The Bertz CT molecular complexity index is 303. The molecule has 2 aliphatic rings. The predicted octanol–water partition coefficient (Wildman–Crippen LogP) is 1.32. The van der Waals surface area contributed by atoms with Crippen LogP contribution in [0.1, 0.15) is 58.3 Å². The van der Waals surface area contributed by atoms with E-state index in [1.54, 1.807) is 0 Å². The number of hydrogen-bond donors (Lipinski definition) is 3. The zero-order valence-electron chi connectivity index (χ0n) is 11.4. The standard InChI is InChI=1S/C14H26N2O2/c1-11-4-8-13(18,9-5-11)10-16-14(12(15)17)6-2-3-7-14/h11,16,18H,2-10H2,1H3,(H2,15,17). The number of primary amides is 1. The average Bonchev–Trinajstić information content (AvgIpc) is 2.81. The van der Waals surface area contributed by atoms with Crippen LogP contribution in [0.5, 0.6) is 0 Å². The molecule has 0 bridgehead atoms. The molecule has 0 aliphatic heterocycles. The minimum absolute atomic E-state index is 0.257. The number of amides is 1. The van der Waals surface area contributed by atoms with Crippen molar-refractivity contribution in [3.05, 3.63) is 0 Å². The quantitative estimate of drug-likeness (QED) is 0.708. The first-order valence-corrected chi connectivity index (χ1v) is 7.23. The van der Waals surface area contributed by atoms with Crippen LogP contribution in [0.4, 0.5) is 0 Å². The molecule has 104 valence electrons. The van der Waals surface area contributed by atoms with Crippen LogP contribution < -0.4 is 11.1 Å². The van der Waals surface area contributed by atoms with E-state index in [0.29, 0.717) is 12.5 Å². The van der Waals surface area contributed by atoms with Gasteiger partial charge in [0.2, 0.25) is 5.91 Å². The van der Waals surface area contributed by atoms with E-state index in [-0.39, 0.29) is 5.91 Å². The van der Waals surface area contributed by atoms with Gasteiger partial charge in [0, 0.05) is 6.54 Å². The Labute approximate surface area is 109 Å². The highest BCUT2D eigenvalue weighted by Gasteiger charge is 2.41. The Kier molecular flexibility index (Phi) is 3.97. The minimum Gasteiger partial charge on any atom is -0.389 e. The van der Waals surface area contributed by atoms with Crippen LogP contribution in [0.3, 0.4) is 0 Å². The maximum atomic E-state index is 11.6. The summed E-state index contributed by atoms with van der Waals surface area (Å²) in [6.45, 7) is 2.73. The molecule has 2 rings (SSSR count). The summed E-state index contributed by atoms with van der Waals surface area (Å²) < 4.78 is 0. The molecule has 1 amide bonds. The molecular weight excluding hydrogens is 228 g/mol. The van der Waals surface area contributed by atoms with Gasteiger partial charge in [-0.25, -0.2) is 0 Å². The van der Waals surface area contributed by atoms with Crippen LogP contribution in [0.15, 0.2) is 0 Å². The van der Waals surface area contributed by atoms with Crippen LogP contribution in [-0.4, -0.2) is 28.7 Å². The van der Waals surface area contributed by atoms with Crippen molar-refractivity contribution >= 4 is 5.91 Å². The van der Waals surface area contributed by atoms with Crippen molar-refractivity contribution in [3.8, 4) is 0 Å². The molecule has 0 aromatic carbocycles. The van der Waals surface area contributed by atoms with E-state index >= 15 is 0 Å². The van der Waals surface area contributed by atoms with E-state index in [0.717, 1.165) is 51.4 Å². The fraction of sp³-hybridized carbons (Fsp3) is 0.929. The van der Waals surface area contributed by atoms with E-state index in [2.05, 4.69) is 12.2 Å². The van der Waals surface area contributed by atoms with Crippen LogP contribution in [0.25, 0.3) is 0 Å². The van der Waals surface area contributed by atoms with E-state index < -0.39 is 11.1 Å². The first-order valence-electron chi connectivity index (χ1n) is 7.23. The first kappa shape index (κ1) is 13.8. The molecule has 0 aromatic heterocycles. The van der Waals surface area contributed by atoms with E-state index in [9.17, 15) is 9.90 Å². The van der Waals surface area contributed by atoms with Crippen LogP contribution in [0.2, 0.25) is 0 Å². The molecule has 0 heterocycles. The number of rotatable bonds is 4. The van der Waals surface area contributed by atoms with Gasteiger partial charge in [0.25, 0.3) is 0 Å². The predicted molar refractivity (Wildman–Crippen MR) is 71.0 cm³/mol. The van der Waals surface area contributed by atoms with E-state index in [1.807, 2.05) is 0 Å². The molecule has 4 nitrogen and oxygen atoms in total. The second kappa shape index (κ2) is 5.17. The van der Waals surface area contributed by atoms with Crippen LogP contribution in [-0.2, 0) is 4.79 Å². The lowest BCUT2D eigenvalue weighted by Crippen LogP contribution is -2.58. The van der Waals surface area contributed by atoms with E-state index in [1.165, 1.54) is 0 Å². The summed E-state index contributed by atoms with van der Waals surface area (Å²) in [5, 5.41) is 13.8. The van der Waals surface area contributed by atoms with Crippen molar-refractivity contribution < 1.29 is 9.90 Å². The highest BCUT2D eigenvalue weighted by atomic mass is 16.3. The van der Waals surface area contributed by atoms with Crippen molar-refractivity contribution in [1.29, 1.82) is 0 Å². The monoisotopic (exact) mass is 254 g/mol. The van der Waals surface area contributed by atoms with Gasteiger partial charge in [-0.15, -0.1) is 0 Å². The third-order valence-electron chi connectivity index (χ3n) is 4.89. The molecule has 0 aromatic rings. The fourth-order valence-corrected chi connectivity index (χ4v) is 3.30. The molecular formula is C14H26N2O2. The van der Waals surface area contributed by atoms with Crippen LogP contribution in [0, 0.1) is 5.92 Å². The number of β-amino-alcohol motifs (C(OH)–C–C–N with tert-alkyl or cyclic N) is 1. The molecule has 2 fully saturated rings. The third-order valence-corrected chi connectivity index (χ3v) is 4.89. The summed E-state index contributed by atoms with van der Waals surface area (Å²) in [4.78, 5) is 11.6. The Hall–Kier alpha value is -0.610. The van der Waals surface area contributed by atoms with Gasteiger partial charge in [-0.1, -0.05) is 19.8 Å². The zero-order chi connectivity index (χ0) is 13.2. The first-order chi connectivity index (χ1) is 8.46. The Morgan fingerprint density at radius 2 is 1.83 bits per heavy atom. The van der Waals surface area contributed by atoms with Crippen molar-refractivity contribution in [2.24, 2.45) is 11.7 Å². The summed E-state index contributed by atoms with van der Waals surface area (Å²) in [6, 6.07) is 0. The van der Waals surface area contributed by atoms with Crippen molar-refractivity contribution in [2.45, 2.75) is 69.4 Å². The van der Waals surface area contributed by atoms with Crippen LogP contribution >= 0.6 is 0 Å². The number of nitrogens with two attached hydrogens (primary N) is 1. The zero-order valence-corrected chi connectivity index (χ0v) is 11.4. The Balaban J connectivity index is 1.91. The molecule has 2 saturated carbocycles. The molecule has 0 spiro atoms. The lowest BCUT2D eigenvalue weighted by molar-refractivity contribution is -0.124. The number of aliphatic hydroxyl groups is 1. The van der Waals surface area contributed by atoms with Gasteiger partial charge >= 0.3 is 0 Å². The van der Waals surface area contributed by atoms with Crippen molar-refractivity contribution in [1.82, 2.24) is 5.32 Å². The molecule has 4 heteroatoms. The average molecular weight is 254 g/mol. The van der Waals surface area contributed by atoms with Gasteiger partial charge in [-0.05, 0) is 44.4 Å². The minimum atomic E-state index is -0.641. The molecule has 4 N–H and O–H groups in total. The highest BCUT2D eigenvalue weighted by molar-refractivity contribution is 5.85. The lowest BCUT2D eigenvalue weighted by Gasteiger charge is -2.38. The van der Waals surface area contributed by atoms with Crippen molar-refractivity contribution in [3.63, 3.8) is 0 Å². The van der Waals surface area contributed by atoms with Gasteiger partial charge in [-0.3, -0.25) is 4.79 Å². The number of carbonyl (C=O) groups is 1. The molecule has 18 heavy (non-hydrogen) atoms. The van der Waals surface area contributed by atoms with Gasteiger partial charge < -0.3 is 16.2 Å². The summed E-state index contributed by atoms with van der Waals surface area (Å²) in [5.41, 5.74) is 4.33. The molecule has 0 atom stereocenters. The lowest BCUT2D eigenvalue weighted by atomic mass is 9.79. The molecule has 0 unspecified atom stereocenters. The maximum absolute atomic E-state index is 11.6. The Morgan fingerprint density at radius 1 is 1.28 bits per heavy atom. The van der Waals surface area contributed by atoms with E-state index in [4.69, 9.17) is 5.73 Å². The van der Waals surface area contributed by atoms with Gasteiger partial charge in [-0.2, -0.15) is 0 Å². The second-order valence-electron chi connectivity index (χ2n) is 6.41. The van der Waals surface area contributed by atoms with Gasteiger partial charge in [0.05, 0.1) is 11.1 Å². The number of carbonyl (C=O) groups excluding carboxylic acids is 1. The molecule has 0 radical (unpaired) electrons. The van der Waals surface area contributed by atoms with Crippen molar-refractivity contribution in [2.75, 3.05) is 6.54 Å². The molecule has 0 saturated heterocycles. The second-order valence-corrected chi connectivity index (χ2v) is 6.41. The summed E-state index contributed by atoms with van der Waals surface area (Å²) in [7, 11) is 0. The fourth-order valence-electron chi connectivity index (χ4n) is 3.30. The van der Waals surface area contributed by atoms with Gasteiger partial charge in [0.1, 0.15) is 0 Å².